The van der Waals surface area contributed by atoms with E-state index in [-0.39, 0.29) is 36.4 Å². The second-order valence-electron chi connectivity index (χ2n) is 6.80. The molecule has 2 amide bonds. The van der Waals surface area contributed by atoms with E-state index in [0.29, 0.717) is 12.8 Å². The van der Waals surface area contributed by atoms with Gasteiger partial charge >= 0.3 is 0 Å². The Bertz CT molecular complexity index is 758. The Morgan fingerprint density at radius 1 is 1.35 bits per heavy atom. The number of carbonyl (C=O) groups is 2. The molecule has 1 aromatic heterocycles. The number of benzene rings is 1. The number of aliphatic hydroxyl groups excluding tert-OH is 1. The number of rotatable bonds is 5. The van der Waals surface area contributed by atoms with Gasteiger partial charge in [-0.2, -0.15) is 0 Å². The fraction of sp³-hybridized carbons (Fsp3) is 0.400. The molecular formula is C20H24N2O3S. The van der Waals surface area contributed by atoms with Crippen LogP contribution in [-0.2, 0) is 9.59 Å². The summed E-state index contributed by atoms with van der Waals surface area (Å²) in [5, 5.41) is 14.1. The summed E-state index contributed by atoms with van der Waals surface area (Å²) in [7, 11) is 0. The molecule has 1 aliphatic heterocycles. The van der Waals surface area contributed by atoms with Crippen LogP contribution in [0.1, 0.15) is 36.2 Å². The minimum atomic E-state index is -0.346. The molecule has 3 unspecified atom stereocenters. The molecule has 1 aliphatic rings. The standard InChI is InChI=1S/C20H24N2O3S/c1-13-5-7-15(8-6-13)22-18(24)10-9-16(20(25)21-14(2)12-23)19(22)17-4-3-11-26-17/h3-8,11,14,16,19,23H,9-10,12H2,1-2H3,(H,21,25). The van der Waals surface area contributed by atoms with E-state index in [1.54, 1.807) is 23.2 Å². The Labute approximate surface area is 157 Å². The molecule has 2 N–H and O–H groups in total. The van der Waals surface area contributed by atoms with E-state index in [2.05, 4.69) is 5.32 Å². The van der Waals surface area contributed by atoms with Gasteiger partial charge in [-0.25, -0.2) is 0 Å². The zero-order valence-corrected chi connectivity index (χ0v) is 15.8. The highest BCUT2D eigenvalue weighted by Crippen LogP contribution is 2.41. The van der Waals surface area contributed by atoms with Gasteiger partial charge in [0, 0.05) is 23.0 Å². The second-order valence-corrected chi connectivity index (χ2v) is 7.78. The number of nitrogens with one attached hydrogen (secondary N) is 1. The van der Waals surface area contributed by atoms with Gasteiger partial charge in [-0.15, -0.1) is 11.3 Å². The lowest BCUT2D eigenvalue weighted by molar-refractivity contribution is -0.130. The van der Waals surface area contributed by atoms with Gasteiger partial charge in [0.2, 0.25) is 11.8 Å². The Morgan fingerprint density at radius 2 is 2.08 bits per heavy atom. The molecule has 26 heavy (non-hydrogen) atoms. The zero-order chi connectivity index (χ0) is 18.7. The van der Waals surface area contributed by atoms with Crippen molar-refractivity contribution in [3.05, 3.63) is 52.2 Å². The average molecular weight is 372 g/mol. The van der Waals surface area contributed by atoms with Crippen molar-refractivity contribution >= 4 is 28.8 Å². The monoisotopic (exact) mass is 372 g/mol. The molecule has 0 radical (unpaired) electrons. The van der Waals surface area contributed by atoms with Crippen molar-refractivity contribution in [2.24, 2.45) is 5.92 Å². The molecule has 3 rings (SSSR count). The SMILES string of the molecule is Cc1ccc(N2C(=O)CCC(C(=O)NC(C)CO)C2c2cccs2)cc1. The third kappa shape index (κ3) is 3.81. The lowest BCUT2D eigenvalue weighted by Gasteiger charge is -2.40. The molecular weight excluding hydrogens is 348 g/mol. The van der Waals surface area contributed by atoms with Gasteiger partial charge in [0.15, 0.2) is 0 Å². The third-order valence-corrected chi connectivity index (χ3v) is 5.69. The highest BCUT2D eigenvalue weighted by Gasteiger charge is 2.42. The number of aliphatic hydroxyl groups is 1. The quantitative estimate of drug-likeness (QED) is 0.848. The van der Waals surface area contributed by atoms with Crippen LogP contribution in [-0.4, -0.2) is 29.6 Å². The van der Waals surface area contributed by atoms with Gasteiger partial charge in [0.1, 0.15) is 0 Å². The molecule has 0 saturated carbocycles. The van der Waals surface area contributed by atoms with Crippen LogP contribution in [0.25, 0.3) is 0 Å². The predicted molar refractivity (Wildman–Crippen MR) is 103 cm³/mol. The number of piperidine rings is 1. The third-order valence-electron chi connectivity index (χ3n) is 4.74. The zero-order valence-electron chi connectivity index (χ0n) is 15.0. The van der Waals surface area contributed by atoms with E-state index >= 15 is 0 Å². The maximum atomic E-state index is 12.9. The molecule has 1 saturated heterocycles. The summed E-state index contributed by atoms with van der Waals surface area (Å²) >= 11 is 1.56. The van der Waals surface area contributed by atoms with E-state index < -0.39 is 0 Å². The van der Waals surface area contributed by atoms with Crippen LogP contribution in [0.2, 0.25) is 0 Å². The van der Waals surface area contributed by atoms with Crippen LogP contribution in [0.4, 0.5) is 5.69 Å². The van der Waals surface area contributed by atoms with Gasteiger partial charge in [-0.3, -0.25) is 9.59 Å². The Balaban J connectivity index is 1.99. The summed E-state index contributed by atoms with van der Waals surface area (Å²) in [4.78, 5) is 28.4. The summed E-state index contributed by atoms with van der Waals surface area (Å²) < 4.78 is 0. The van der Waals surface area contributed by atoms with Crippen molar-refractivity contribution < 1.29 is 14.7 Å². The smallest absolute Gasteiger partial charge is 0.227 e. The molecule has 2 heterocycles. The maximum Gasteiger partial charge on any atom is 0.227 e. The molecule has 1 fully saturated rings. The molecule has 6 heteroatoms. The second kappa shape index (κ2) is 8.01. The topological polar surface area (TPSA) is 69.6 Å². The van der Waals surface area contributed by atoms with Crippen LogP contribution in [0.5, 0.6) is 0 Å². The highest BCUT2D eigenvalue weighted by atomic mass is 32.1. The first-order valence-electron chi connectivity index (χ1n) is 8.84. The van der Waals surface area contributed by atoms with Crippen LogP contribution in [0.3, 0.4) is 0 Å². The Hall–Kier alpha value is -2.18. The number of hydrogen-bond donors (Lipinski definition) is 2. The van der Waals surface area contributed by atoms with Crippen LogP contribution in [0, 0.1) is 12.8 Å². The summed E-state index contributed by atoms with van der Waals surface area (Å²) in [5.74, 6) is -0.428. The molecule has 0 spiro atoms. The lowest BCUT2D eigenvalue weighted by Crippen LogP contribution is -2.49. The fourth-order valence-corrected chi connectivity index (χ4v) is 4.24. The molecule has 0 bridgehead atoms. The van der Waals surface area contributed by atoms with E-state index in [1.807, 2.05) is 48.7 Å². The van der Waals surface area contributed by atoms with E-state index in [4.69, 9.17) is 0 Å². The molecule has 2 aromatic rings. The Morgan fingerprint density at radius 3 is 2.69 bits per heavy atom. The molecule has 1 aromatic carbocycles. The van der Waals surface area contributed by atoms with Crippen molar-refractivity contribution in [1.82, 2.24) is 5.32 Å². The largest absolute Gasteiger partial charge is 0.394 e. The summed E-state index contributed by atoms with van der Waals surface area (Å²) in [5.41, 5.74) is 1.93. The average Bonchev–Trinajstić information content (AvgIpc) is 3.16. The predicted octanol–water partition coefficient (Wildman–Crippen LogP) is 3.04. The van der Waals surface area contributed by atoms with E-state index in [0.717, 1.165) is 16.1 Å². The number of carbonyl (C=O) groups excluding carboxylic acids is 2. The number of nitrogens with zero attached hydrogens (tertiary/aromatic N) is 1. The number of anilines is 1. The fourth-order valence-electron chi connectivity index (χ4n) is 3.36. The minimum Gasteiger partial charge on any atom is -0.394 e. The van der Waals surface area contributed by atoms with Crippen LogP contribution < -0.4 is 10.2 Å². The summed E-state index contributed by atoms with van der Waals surface area (Å²) in [6.45, 7) is 3.66. The van der Waals surface area contributed by atoms with Gasteiger partial charge in [0.05, 0.1) is 18.6 Å². The first kappa shape index (κ1) is 18.6. The van der Waals surface area contributed by atoms with Gasteiger partial charge in [0.25, 0.3) is 0 Å². The van der Waals surface area contributed by atoms with E-state index in [1.165, 1.54) is 0 Å². The Kier molecular flexibility index (Phi) is 5.74. The van der Waals surface area contributed by atoms with Crippen molar-refractivity contribution in [3.8, 4) is 0 Å². The minimum absolute atomic E-state index is 0.0338. The maximum absolute atomic E-state index is 12.9. The first-order valence-corrected chi connectivity index (χ1v) is 9.72. The van der Waals surface area contributed by atoms with E-state index in [9.17, 15) is 14.7 Å². The number of aryl methyl sites for hydroxylation is 1. The first-order chi connectivity index (χ1) is 12.5. The number of thiophene rings is 1. The van der Waals surface area contributed by atoms with Gasteiger partial charge in [-0.1, -0.05) is 23.8 Å². The van der Waals surface area contributed by atoms with Gasteiger partial charge in [-0.05, 0) is 43.8 Å². The number of amides is 2. The molecule has 138 valence electrons. The highest BCUT2D eigenvalue weighted by molar-refractivity contribution is 7.10. The molecule has 0 aliphatic carbocycles. The molecule has 3 atom stereocenters. The summed E-state index contributed by atoms with van der Waals surface area (Å²) in [6, 6.07) is 11.1. The van der Waals surface area contributed by atoms with Crippen LogP contribution in [0.15, 0.2) is 41.8 Å². The van der Waals surface area contributed by atoms with Crippen molar-refractivity contribution in [3.63, 3.8) is 0 Å². The lowest BCUT2D eigenvalue weighted by atomic mass is 9.86. The van der Waals surface area contributed by atoms with Crippen molar-refractivity contribution in [1.29, 1.82) is 0 Å². The van der Waals surface area contributed by atoms with Crippen molar-refractivity contribution in [2.45, 2.75) is 38.8 Å². The summed E-state index contributed by atoms with van der Waals surface area (Å²) in [6.07, 6.45) is 0.842. The van der Waals surface area contributed by atoms with Crippen LogP contribution >= 0.6 is 11.3 Å². The normalized spacial score (nSPS) is 21.5. The number of hydrogen-bond acceptors (Lipinski definition) is 4. The van der Waals surface area contributed by atoms with Gasteiger partial charge < -0.3 is 15.3 Å². The molecule has 5 nitrogen and oxygen atoms in total. The van der Waals surface area contributed by atoms with Crippen molar-refractivity contribution in [2.75, 3.05) is 11.5 Å².